The predicted molar refractivity (Wildman–Crippen MR) is 92.1 cm³/mol. The molecule has 1 aromatic rings. The van der Waals surface area contributed by atoms with Crippen LogP contribution in [0.1, 0.15) is 27.2 Å². The number of thioether (sulfide) groups is 1. The molecule has 1 aromatic heterocycles. The van der Waals surface area contributed by atoms with Gasteiger partial charge >= 0.3 is 0 Å². The average Bonchev–Trinajstić information content (AvgIpc) is 2.52. The number of aromatic nitrogens is 3. The van der Waals surface area contributed by atoms with Crippen LogP contribution < -0.4 is 21.1 Å². The molecule has 7 nitrogen and oxygen atoms in total. The van der Waals surface area contributed by atoms with Crippen LogP contribution in [0.2, 0.25) is 0 Å². The largest absolute Gasteiger partial charge is 0.341 e. The van der Waals surface area contributed by atoms with Gasteiger partial charge in [0, 0.05) is 31.9 Å². The van der Waals surface area contributed by atoms with Crippen molar-refractivity contribution in [2.75, 3.05) is 47.4 Å². The quantitative estimate of drug-likeness (QED) is 0.525. The highest BCUT2D eigenvalue weighted by Crippen LogP contribution is 2.19. The fourth-order valence-corrected chi connectivity index (χ4v) is 2.93. The fraction of sp³-hybridized carbons (Fsp3) is 0.769. The maximum atomic E-state index is 5.49. The molecule has 1 atom stereocenters. The second kappa shape index (κ2) is 8.89. The van der Waals surface area contributed by atoms with E-state index in [4.69, 9.17) is 5.84 Å². The number of nitrogens with zero attached hydrogens (tertiary/aromatic N) is 5. The van der Waals surface area contributed by atoms with Gasteiger partial charge in [0.2, 0.25) is 17.8 Å². The summed E-state index contributed by atoms with van der Waals surface area (Å²) in [6.45, 7) is 8.01. The van der Waals surface area contributed by atoms with Gasteiger partial charge in [-0.25, -0.2) is 5.84 Å². The molecule has 0 aliphatic carbocycles. The molecular formula is C13H27N7S. The Hall–Kier alpha value is -1.28. The molecule has 0 amide bonds. The van der Waals surface area contributed by atoms with E-state index in [1.54, 1.807) is 0 Å². The maximum Gasteiger partial charge on any atom is 0.243 e. The van der Waals surface area contributed by atoms with Crippen LogP contribution in [-0.2, 0) is 0 Å². The highest BCUT2D eigenvalue weighted by Gasteiger charge is 2.18. The van der Waals surface area contributed by atoms with Crippen LogP contribution in [0.4, 0.5) is 17.8 Å². The Morgan fingerprint density at radius 2 is 1.76 bits per heavy atom. The van der Waals surface area contributed by atoms with E-state index in [1.165, 1.54) is 0 Å². The average molecular weight is 313 g/mol. The van der Waals surface area contributed by atoms with Crippen LogP contribution in [-0.4, -0.2) is 53.1 Å². The highest BCUT2D eigenvalue weighted by molar-refractivity contribution is 7.98. The number of hydrogen-bond donors (Lipinski definition) is 2. The lowest BCUT2D eigenvalue weighted by atomic mass is 10.2. The molecule has 120 valence electrons. The van der Waals surface area contributed by atoms with E-state index in [0.29, 0.717) is 23.9 Å². The van der Waals surface area contributed by atoms with Crippen molar-refractivity contribution in [2.24, 2.45) is 5.84 Å². The van der Waals surface area contributed by atoms with Gasteiger partial charge in [0.15, 0.2) is 0 Å². The lowest BCUT2D eigenvalue weighted by Crippen LogP contribution is -2.35. The topological polar surface area (TPSA) is 83.2 Å². The first-order valence-electron chi connectivity index (χ1n) is 7.30. The SMILES string of the molecule is CCC(CSC)N(C)c1nc(NN)nc(N(CC)CC)n1. The number of nitrogens with two attached hydrogens (primary N) is 1. The molecule has 0 radical (unpaired) electrons. The zero-order valence-electron chi connectivity index (χ0n) is 13.6. The summed E-state index contributed by atoms with van der Waals surface area (Å²) < 4.78 is 0. The van der Waals surface area contributed by atoms with E-state index in [2.05, 4.69) is 57.2 Å². The van der Waals surface area contributed by atoms with Gasteiger partial charge in [-0.2, -0.15) is 26.7 Å². The Labute approximate surface area is 131 Å². The van der Waals surface area contributed by atoms with Crippen molar-refractivity contribution < 1.29 is 0 Å². The van der Waals surface area contributed by atoms with Crippen LogP contribution in [0.3, 0.4) is 0 Å². The van der Waals surface area contributed by atoms with Gasteiger partial charge in [-0.05, 0) is 26.5 Å². The predicted octanol–water partition coefficient (Wildman–Crippen LogP) is 1.58. The Balaban J connectivity index is 3.13. The molecule has 0 saturated carbocycles. The van der Waals surface area contributed by atoms with Crippen molar-refractivity contribution in [2.45, 2.75) is 33.2 Å². The van der Waals surface area contributed by atoms with Crippen LogP contribution in [0.15, 0.2) is 0 Å². The van der Waals surface area contributed by atoms with E-state index >= 15 is 0 Å². The fourth-order valence-electron chi connectivity index (χ4n) is 2.08. The smallest absolute Gasteiger partial charge is 0.243 e. The second-order valence-electron chi connectivity index (χ2n) is 4.70. The number of hydrogen-bond acceptors (Lipinski definition) is 8. The summed E-state index contributed by atoms with van der Waals surface area (Å²) in [5, 5.41) is 0. The minimum Gasteiger partial charge on any atom is -0.341 e. The first-order chi connectivity index (χ1) is 10.1. The van der Waals surface area contributed by atoms with Gasteiger partial charge in [0.05, 0.1) is 0 Å². The third kappa shape index (κ3) is 4.60. The van der Waals surface area contributed by atoms with Crippen molar-refractivity contribution in [3.63, 3.8) is 0 Å². The minimum absolute atomic E-state index is 0.387. The summed E-state index contributed by atoms with van der Waals surface area (Å²) in [5.41, 5.74) is 2.53. The third-order valence-electron chi connectivity index (χ3n) is 3.48. The summed E-state index contributed by atoms with van der Waals surface area (Å²) in [4.78, 5) is 17.5. The zero-order chi connectivity index (χ0) is 15.8. The number of hydrazine groups is 1. The molecule has 0 aliphatic rings. The Morgan fingerprint density at radius 1 is 1.14 bits per heavy atom. The van der Waals surface area contributed by atoms with Crippen molar-refractivity contribution in [1.82, 2.24) is 15.0 Å². The molecule has 0 bridgehead atoms. The number of anilines is 3. The van der Waals surface area contributed by atoms with Gasteiger partial charge in [-0.3, -0.25) is 5.43 Å². The summed E-state index contributed by atoms with van der Waals surface area (Å²) in [6.07, 6.45) is 3.15. The van der Waals surface area contributed by atoms with Crippen molar-refractivity contribution >= 4 is 29.6 Å². The van der Waals surface area contributed by atoms with Crippen molar-refractivity contribution in [3.8, 4) is 0 Å². The number of rotatable bonds is 9. The van der Waals surface area contributed by atoms with E-state index in [9.17, 15) is 0 Å². The summed E-state index contributed by atoms with van der Waals surface area (Å²) in [5.74, 6) is 8.23. The molecule has 0 fully saturated rings. The second-order valence-corrected chi connectivity index (χ2v) is 5.61. The maximum absolute atomic E-state index is 5.49. The number of nitrogen functional groups attached to an aromatic ring is 1. The van der Waals surface area contributed by atoms with Crippen LogP contribution >= 0.6 is 11.8 Å². The minimum atomic E-state index is 0.387. The van der Waals surface area contributed by atoms with E-state index in [1.807, 2.05) is 18.8 Å². The molecule has 1 heterocycles. The Bertz CT molecular complexity index is 425. The van der Waals surface area contributed by atoms with Crippen LogP contribution in [0.25, 0.3) is 0 Å². The van der Waals surface area contributed by atoms with Gasteiger partial charge < -0.3 is 9.80 Å². The van der Waals surface area contributed by atoms with Crippen LogP contribution in [0.5, 0.6) is 0 Å². The lowest BCUT2D eigenvalue weighted by molar-refractivity contribution is 0.653. The Kier molecular flexibility index (Phi) is 7.52. The lowest BCUT2D eigenvalue weighted by Gasteiger charge is -2.28. The van der Waals surface area contributed by atoms with Crippen LogP contribution in [0, 0.1) is 0 Å². The molecule has 0 saturated heterocycles. The molecule has 0 aliphatic heterocycles. The van der Waals surface area contributed by atoms with Crippen molar-refractivity contribution in [3.05, 3.63) is 0 Å². The Morgan fingerprint density at radius 3 is 2.24 bits per heavy atom. The molecule has 3 N–H and O–H groups in total. The third-order valence-corrected chi connectivity index (χ3v) is 4.20. The molecule has 0 spiro atoms. The number of nitrogens with one attached hydrogen (secondary N) is 1. The highest BCUT2D eigenvalue weighted by atomic mass is 32.2. The normalized spacial score (nSPS) is 12.1. The van der Waals surface area contributed by atoms with Gasteiger partial charge in [0.25, 0.3) is 0 Å². The van der Waals surface area contributed by atoms with E-state index in [-0.39, 0.29) is 0 Å². The first-order valence-corrected chi connectivity index (χ1v) is 8.69. The molecule has 0 aromatic carbocycles. The van der Waals surface area contributed by atoms with Gasteiger partial charge in [-0.15, -0.1) is 0 Å². The molecule has 8 heteroatoms. The molecule has 1 unspecified atom stereocenters. The van der Waals surface area contributed by atoms with E-state index < -0.39 is 0 Å². The summed E-state index contributed by atoms with van der Waals surface area (Å²) >= 11 is 1.82. The first kappa shape index (κ1) is 17.8. The molecule has 1 rings (SSSR count). The summed E-state index contributed by atoms with van der Waals surface area (Å²) in [7, 11) is 2.02. The zero-order valence-corrected chi connectivity index (χ0v) is 14.4. The summed E-state index contributed by atoms with van der Waals surface area (Å²) in [6, 6.07) is 0.387. The molecular weight excluding hydrogens is 286 g/mol. The standard InChI is InChI=1S/C13H27N7S/c1-6-10(9-21-5)19(4)12-15-11(18-14)16-13(17-12)20(7-2)8-3/h10H,6-9,14H2,1-5H3,(H,15,16,17,18). The molecule has 21 heavy (non-hydrogen) atoms. The van der Waals surface area contributed by atoms with Gasteiger partial charge in [-0.1, -0.05) is 6.92 Å². The van der Waals surface area contributed by atoms with Crippen molar-refractivity contribution in [1.29, 1.82) is 0 Å². The monoisotopic (exact) mass is 313 g/mol. The van der Waals surface area contributed by atoms with Gasteiger partial charge in [0.1, 0.15) is 0 Å². The van der Waals surface area contributed by atoms with E-state index in [0.717, 1.165) is 25.3 Å².